The average molecular weight is 253 g/mol. The summed E-state index contributed by atoms with van der Waals surface area (Å²) in [7, 11) is 0. The fourth-order valence-corrected chi connectivity index (χ4v) is 3.26. The number of hydrogen-bond acceptors (Lipinski definition) is 3. The highest BCUT2D eigenvalue weighted by atomic mass is 35.5. The van der Waals surface area contributed by atoms with Gasteiger partial charge in [-0.05, 0) is 12.8 Å². The van der Waals surface area contributed by atoms with Crippen LogP contribution >= 0.6 is 11.6 Å². The molecule has 1 aromatic rings. The van der Waals surface area contributed by atoms with Crippen molar-refractivity contribution in [2.45, 2.75) is 31.3 Å². The van der Waals surface area contributed by atoms with Crippen molar-refractivity contribution in [3.05, 3.63) is 21.7 Å². The van der Waals surface area contributed by atoms with Gasteiger partial charge >= 0.3 is 0 Å². The van der Waals surface area contributed by atoms with Gasteiger partial charge in [0.2, 0.25) is 0 Å². The molecular weight excluding hydrogens is 240 g/mol. The van der Waals surface area contributed by atoms with E-state index in [9.17, 15) is 5.11 Å². The predicted molar refractivity (Wildman–Crippen MR) is 63.0 cm³/mol. The zero-order chi connectivity index (χ0) is 11.6. The van der Waals surface area contributed by atoms with Gasteiger partial charge in [-0.25, -0.2) is 0 Å². The second kappa shape index (κ2) is 3.09. The minimum Gasteiger partial charge on any atom is -0.492 e. The second-order valence-electron chi connectivity index (χ2n) is 5.03. The van der Waals surface area contributed by atoms with Gasteiger partial charge in [-0.2, -0.15) is 0 Å². The number of aliphatic hydroxyl groups is 1. The Bertz CT molecular complexity index is 485. The molecule has 1 saturated carbocycles. The molecule has 90 valence electrons. The Kier molecular flexibility index (Phi) is 1.82. The Morgan fingerprint density at radius 2 is 1.65 bits per heavy atom. The summed E-state index contributed by atoms with van der Waals surface area (Å²) in [6.07, 6.45) is 3.27. The SMILES string of the molecule is OC1(c2c3c(c(Cl)c4c2OCC4)OCC3)CC1. The van der Waals surface area contributed by atoms with Gasteiger partial charge in [0.05, 0.1) is 23.8 Å². The quantitative estimate of drug-likeness (QED) is 0.833. The van der Waals surface area contributed by atoms with E-state index < -0.39 is 5.60 Å². The Labute approximate surface area is 104 Å². The van der Waals surface area contributed by atoms with E-state index in [-0.39, 0.29) is 0 Å². The first-order valence-corrected chi connectivity index (χ1v) is 6.44. The highest BCUT2D eigenvalue weighted by Crippen LogP contribution is 2.57. The second-order valence-corrected chi connectivity index (χ2v) is 5.41. The maximum absolute atomic E-state index is 10.4. The number of rotatable bonds is 1. The molecule has 0 atom stereocenters. The fourth-order valence-electron chi connectivity index (χ4n) is 2.91. The summed E-state index contributed by atoms with van der Waals surface area (Å²) in [6, 6.07) is 0. The van der Waals surface area contributed by atoms with E-state index >= 15 is 0 Å². The van der Waals surface area contributed by atoms with Gasteiger partial charge in [0, 0.05) is 29.5 Å². The maximum atomic E-state index is 10.4. The molecule has 4 heteroatoms. The molecule has 4 rings (SSSR count). The van der Waals surface area contributed by atoms with E-state index in [0.717, 1.165) is 53.9 Å². The lowest BCUT2D eigenvalue weighted by Gasteiger charge is -2.18. The summed E-state index contributed by atoms with van der Waals surface area (Å²) in [5, 5.41) is 11.1. The highest BCUT2D eigenvalue weighted by molar-refractivity contribution is 6.33. The number of hydrogen-bond donors (Lipinski definition) is 1. The number of benzene rings is 1. The Morgan fingerprint density at radius 1 is 1.00 bits per heavy atom. The molecule has 17 heavy (non-hydrogen) atoms. The molecule has 0 bridgehead atoms. The molecule has 2 aliphatic heterocycles. The van der Waals surface area contributed by atoms with Crippen LogP contribution in [0.2, 0.25) is 5.02 Å². The van der Waals surface area contributed by atoms with Crippen LogP contribution in [-0.4, -0.2) is 18.3 Å². The number of ether oxygens (including phenoxy) is 2. The molecule has 0 aromatic heterocycles. The van der Waals surface area contributed by atoms with Crippen LogP contribution in [0.5, 0.6) is 11.5 Å². The van der Waals surface area contributed by atoms with Crippen molar-refractivity contribution in [1.82, 2.24) is 0 Å². The molecule has 1 fully saturated rings. The van der Waals surface area contributed by atoms with Crippen LogP contribution in [0.15, 0.2) is 0 Å². The van der Waals surface area contributed by atoms with Crippen LogP contribution in [0.25, 0.3) is 0 Å². The van der Waals surface area contributed by atoms with Crippen LogP contribution < -0.4 is 9.47 Å². The molecule has 0 radical (unpaired) electrons. The van der Waals surface area contributed by atoms with Crippen molar-refractivity contribution in [2.75, 3.05) is 13.2 Å². The molecule has 2 heterocycles. The van der Waals surface area contributed by atoms with Crippen molar-refractivity contribution < 1.29 is 14.6 Å². The zero-order valence-corrected chi connectivity index (χ0v) is 10.1. The molecular formula is C13H13ClO3. The summed E-state index contributed by atoms with van der Waals surface area (Å²) >= 11 is 6.36. The average Bonchev–Trinajstić information content (AvgIpc) is 2.79. The lowest BCUT2D eigenvalue weighted by Crippen LogP contribution is -2.10. The van der Waals surface area contributed by atoms with E-state index in [2.05, 4.69) is 0 Å². The monoisotopic (exact) mass is 252 g/mol. The van der Waals surface area contributed by atoms with Crippen LogP contribution in [0.1, 0.15) is 29.5 Å². The molecule has 3 nitrogen and oxygen atoms in total. The topological polar surface area (TPSA) is 38.7 Å². The van der Waals surface area contributed by atoms with Crippen LogP contribution in [0.3, 0.4) is 0 Å². The fraction of sp³-hybridized carbons (Fsp3) is 0.538. The summed E-state index contributed by atoms with van der Waals surface area (Å²) in [6.45, 7) is 1.31. The lowest BCUT2D eigenvalue weighted by molar-refractivity contribution is 0.146. The van der Waals surface area contributed by atoms with Gasteiger partial charge in [0.25, 0.3) is 0 Å². The van der Waals surface area contributed by atoms with E-state index in [0.29, 0.717) is 18.2 Å². The van der Waals surface area contributed by atoms with Crippen LogP contribution in [0, 0.1) is 0 Å². The Morgan fingerprint density at radius 3 is 2.35 bits per heavy atom. The van der Waals surface area contributed by atoms with Crippen molar-refractivity contribution in [3.63, 3.8) is 0 Å². The first-order chi connectivity index (χ1) is 8.21. The van der Waals surface area contributed by atoms with E-state index in [1.807, 2.05) is 0 Å². The smallest absolute Gasteiger partial charge is 0.142 e. The first-order valence-electron chi connectivity index (χ1n) is 6.06. The molecule has 0 spiro atoms. The summed E-state index contributed by atoms with van der Waals surface area (Å²) in [5.41, 5.74) is 2.36. The van der Waals surface area contributed by atoms with E-state index in [4.69, 9.17) is 21.1 Å². The van der Waals surface area contributed by atoms with Crippen molar-refractivity contribution in [2.24, 2.45) is 0 Å². The molecule has 0 saturated heterocycles. The molecule has 0 unspecified atom stereocenters. The minimum atomic E-state index is -0.684. The Hall–Kier alpha value is -0.930. The molecule has 1 N–H and O–H groups in total. The largest absolute Gasteiger partial charge is 0.492 e. The van der Waals surface area contributed by atoms with Gasteiger partial charge < -0.3 is 14.6 Å². The minimum absolute atomic E-state index is 0.654. The number of fused-ring (bicyclic) bond motifs is 2. The third-order valence-corrected chi connectivity index (χ3v) is 4.33. The van der Waals surface area contributed by atoms with Gasteiger partial charge in [0.15, 0.2) is 0 Å². The Balaban J connectivity index is 2.05. The summed E-state index contributed by atoms with van der Waals surface area (Å²) in [5.74, 6) is 1.62. The molecule has 1 aromatic carbocycles. The van der Waals surface area contributed by atoms with E-state index in [1.165, 1.54) is 0 Å². The zero-order valence-electron chi connectivity index (χ0n) is 9.38. The predicted octanol–water partition coefficient (Wildman–Crippen LogP) is 2.19. The molecule has 3 aliphatic rings. The molecule has 0 amide bonds. The summed E-state index contributed by atoms with van der Waals surface area (Å²) in [4.78, 5) is 0. The normalized spacial score (nSPS) is 22.7. The van der Waals surface area contributed by atoms with Crippen molar-refractivity contribution >= 4 is 11.6 Å². The number of halogens is 1. The maximum Gasteiger partial charge on any atom is 0.142 e. The van der Waals surface area contributed by atoms with Crippen molar-refractivity contribution in [3.8, 4) is 11.5 Å². The van der Waals surface area contributed by atoms with Gasteiger partial charge in [-0.15, -0.1) is 0 Å². The summed E-state index contributed by atoms with van der Waals surface area (Å²) < 4.78 is 11.3. The van der Waals surface area contributed by atoms with Crippen molar-refractivity contribution in [1.29, 1.82) is 0 Å². The third-order valence-electron chi connectivity index (χ3n) is 3.93. The van der Waals surface area contributed by atoms with Gasteiger partial charge in [0.1, 0.15) is 11.5 Å². The van der Waals surface area contributed by atoms with Gasteiger partial charge in [-0.1, -0.05) is 11.6 Å². The van der Waals surface area contributed by atoms with E-state index in [1.54, 1.807) is 0 Å². The highest BCUT2D eigenvalue weighted by Gasteiger charge is 2.49. The first kappa shape index (κ1) is 10.0. The lowest BCUT2D eigenvalue weighted by atomic mass is 9.94. The molecule has 1 aliphatic carbocycles. The van der Waals surface area contributed by atoms with Gasteiger partial charge in [-0.3, -0.25) is 0 Å². The third kappa shape index (κ3) is 1.21. The van der Waals surface area contributed by atoms with Crippen LogP contribution in [0.4, 0.5) is 0 Å². The standard InChI is InChI=1S/C13H13ClO3/c14-10-8-2-6-16-11(8)9(13(15)3-4-13)7-1-5-17-12(7)10/h15H,1-6H2. The van der Waals surface area contributed by atoms with Crippen LogP contribution in [-0.2, 0) is 18.4 Å².